The molecule has 0 atom stereocenters. The second-order valence-corrected chi connectivity index (χ2v) is 6.63. The van der Waals surface area contributed by atoms with E-state index in [-0.39, 0.29) is 24.0 Å². The summed E-state index contributed by atoms with van der Waals surface area (Å²) in [6, 6.07) is 9.86. The Morgan fingerprint density at radius 2 is 2.00 bits per heavy atom. The molecule has 26 heavy (non-hydrogen) atoms. The average Bonchev–Trinajstić information content (AvgIpc) is 3.19. The number of furan rings is 1. The van der Waals surface area contributed by atoms with Crippen molar-refractivity contribution in [2.75, 3.05) is 13.1 Å². The lowest BCUT2D eigenvalue weighted by Gasteiger charge is -2.23. The Morgan fingerprint density at radius 1 is 1.12 bits per heavy atom. The minimum Gasteiger partial charge on any atom is -0.469 e. The number of halogens is 1. The van der Waals surface area contributed by atoms with E-state index in [9.17, 15) is 0 Å². The van der Waals surface area contributed by atoms with Gasteiger partial charge in [0.1, 0.15) is 5.76 Å². The zero-order valence-electron chi connectivity index (χ0n) is 15.2. The Kier molecular flexibility index (Phi) is 9.52. The van der Waals surface area contributed by atoms with E-state index < -0.39 is 0 Å². The van der Waals surface area contributed by atoms with Crippen molar-refractivity contribution in [1.82, 2.24) is 15.6 Å². The molecule has 0 amide bonds. The molecule has 0 bridgehead atoms. The predicted molar refractivity (Wildman–Crippen MR) is 116 cm³/mol. The van der Waals surface area contributed by atoms with Gasteiger partial charge in [-0.25, -0.2) is 4.99 Å². The Balaban J connectivity index is 0.00000243. The second-order valence-electron chi connectivity index (χ2n) is 6.63. The largest absolute Gasteiger partial charge is 0.469 e. The number of hydrogen-bond donors (Lipinski definition) is 2. The molecule has 1 aliphatic carbocycles. The number of aliphatic imine (C=N–C) groups is 1. The minimum absolute atomic E-state index is 0. The maximum Gasteiger partial charge on any atom is 0.191 e. The van der Waals surface area contributed by atoms with Crippen LogP contribution in [0.2, 0.25) is 0 Å². The third-order valence-electron chi connectivity index (χ3n) is 4.65. The number of pyridine rings is 1. The van der Waals surface area contributed by atoms with E-state index in [1.807, 2.05) is 36.5 Å². The van der Waals surface area contributed by atoms with Crippen LogP contribution in [0.5, 0.6) is 0 Å². The first-order valence-electron chi connectivity index (χ1n) is 9.34. The SMILES string of the molecule is I.c1ccc(CN=C(NCCc2ccco2)NCC2CCCCC2)nc1. The number of nitrogens with zero attached hydrogens (tertiary/aromatic N) is 2. The lowest BCUT2D eigenvalue weighted by atomic mass is 9.89. The summed E-state index contributed by atoms with van der Waals surface area (Å²) in [5.41, 5.74) is 0.979. The van der Waals surface area contributed by atoms with Gasteiger partial charge < -0.3 is 15.1 Å². The molecule has 0 unspecified atom stereocenters. The zero-order valence-corrected chi connectivity index (χ0v) is 17.5. The lowest BCUT2D eigenvalue weighted by Crippen LogP contribution is -2.41. The van der Waals surface area contributed by atoms with Crippen LogP contribution in [0.15, 0.2) is 52.2 Å². The Labute approximate surface area is 173 Å². The number of nitrogens with one attached hydrogen (secondary N) is 2. The zero-order chi connectivity index (χ0) is 17.2. The van der Waals surface area contributed by atoms with Crippen LogP contribution in [0.1, 0.15) is 43.6 Å². The summed E-state index contributed by atoms with van der Waals surface area (Å²) >= 11 is 0. The first kappa shape index (κ1) is 20.7. The molecule has 0 saturated heterocycles. The smallest absolute Gasteiger partial charge is 0.191 e. The fraction of sp³-hybridized carbons (Fsp3) is 0.500. The third-order valence-corrected chi connectivity index (χ3v) is 4.65. The first-order chi connectivity index (χ1) is 12.4. The Morgan fingerprint density at radius 3 is 2.73 bits per heavy atom. The number of rotatable bonds is 7. The maximum atomic E-state index is 5.39. The van der Waals surface area contributed by atoms with Gasteiger partial charge in [0.15, 0.2) is 5.96 Å². The summed E-state index contributed by atoms with van der Waals surface area (Å²) in [4.78, 5) is 9.04. The van der Waals surface area contributed by atoms with Crippen molar-refractivity contribution in [3.63, 3.8) is 0 Å². The molecular formula is C20H29IN4O. The summed E-state index contributed by atoms with van der Waals surface area (Å²) in [6.07, 6.45) is 11.1. The molecule has 3 rings (SSSR count). The number of guanidine groups is 1. The predicted octanol–water partition coefficient (Wildman–Crippen LogP) is 4.15. The van der Waals surface area contributed by atoms with Gasteiger partial charge in [0.25, 0.3) is 0 Å². The van der Waals surface area contributed by atoms with Gasteiger partial charge >= 0.3 is 0 Å². The van der Waals surface area contributed by atoms with Crippen LogP contribution in [-0.2, 0) is 13.0 Å². The molecule has 1 saturated carbocycles. The molecule has 1 aliphatic rings. The highest BCUT2D eigenvalue weighted by molar-refractivity contribution is 14.0. The number of hydrogen-bond acceptors (Lipinski definition) is 3. The van der Waals surface area contributed by atoms with Crippen molar-refractivity contribution in [2.24, 2.45) is 10.9 Å². The Hall–Kier alpha value is -1.57. The van der Waals surface area contributed by atoms with Crippen LogP contribution in [0.25, 0.3) is 0 Å². The van der Waals surface area contributed by atoms with Gasteiger partial charge in [-0.3, -0.25) is 4.98 Å². The normalized spacial score (nSPS) is 15.3. The standard InChI is InChI=1S/C20H28N4O.HI/c1-2-7-17(8-3-1)15-23-20(22-13-11-19-10-6-14-25-19)24-16-18-9-4-5-12-21-18;/h4-6,9-10,12,14,17H,1-3,7-8,11,13,15-16H2,(H2,22,23,24);1H. The molecule has 0 spiro atoms. The van der Waals surface area contributed by atoms with Gasteiger partial charge in [-0.2, -0.15) is 0 Å². The van der Waals surface area contributed by atoms with E-state index in [0.29, 0.717) is 6.54 Å². The van der Waals surface area contributed by atoms with Crippen molar-refractivity contribution < 1.29 is 4.42 Å². The van der Waals surface area contributed by atoms with Gasteiger partial charge in [0.2, 0.25) is 0 Å². The van der Waals surface area contributed by atoms with Gasteiger partial charge in [-0.1, -0.05) is 25.3 Å². The monoisotopic (exact) mass is 468 g/mol. The molecule has 142 valence electrons. The molecule has 1 fully saturated rings. The lowest BCUT2D eigenvalue weighted by molar-refractivity contribution is 0.355. The van der Waals surface area contributed by atoms with E-state index in [4.69, 9.17) is 9.41 Å². The maximum absolute atomic E-state index is 5.39. The van der Waals surface area contributed by atoms with E-state index in [0.717, 1.165) is 42.8 Å². The quantitative estimate of drug-likeness (QED) is 0.364. The van der Waals surface area contributed by atoms with Crippen LogP contribution in [0.3, 0.4) is 0 Å². The van der Waals surface area contributed by atoms with E-state index in [1.165, 1.54) is 32.1 Å². The third kappa shape index (κ3) is 7.35. The molecular weight excluding hydrogens is 439 g/mol. The first-order valence-corrected chi connectivity index (χ1v) is 9.34. The van der Waals surface area contributed by atoms with Crippen LogP contribution in [0, 0.1) is 5.92 Å². The summed E-state index contributed by atoms with van der Waals surface area (Å²) in [6.45, 7) is 2.38. The van der Waals surface area contributed by atoms with Crippen molar-refractivity contribution in [1.29, 1.82) is 0 Å². The van der Waals surface area contributed by atoms with Gasteiger partial charge in [-0.15, -0.1) is 24.0 Å². The molecule has 2 N–H and O–H groups in total. The fourth-order valence-corrected chi connectivity index (χ4v) is 3.22. The summed E-state index contributed by atoms with van der Waals surface area (Å²) in [7, 11) is 0. The van der Waals surface area contributed by atoms with Crippen LogP contribution < -0.4 is 10.6 Å². The summed E-state index contributed by atoms with van der Waals surface area (Å²) in [5.74, 6) is 2.62. The molecule has 2 heterocycles. The topological polar surface area (TPSA) is 62.5 Å². The van der Waals surface area contributed by atoms with Crippen LogP contribution >= 0.6 is 24.0 Å². The highest BCUT2D eigenvalue weighted by Gasteiger charge is 2.13. The molecule has 2 aromatic rings. The van der Waals surface area contributed by atoms with E-state index >= 15 is 0 Å². The van der Waals surface area contributed by atoms with Crippen molar-refractivity contribution in [2.45, 2.75) is 45.1 Å². The average molecular weight is 468 g/mol. The summed E-state index contributed by atoms with van der Waals surface area (Å²) < 4.78 is 5.39. The van der Waals surface area contributed by atoms with Crippen LogP contribution in [-0.4, -0.2) is 24.0 Å². The fourth-order valence-electron chi connectivity index (χ4n) is 3.22. The van der Waals surface area contributed by atoms with Gasteiger partial charge in [0, 0.05) is 25.7 Å². The molecule has 2 aromatic heterocycles. The molecule has 0 radical (unpaired) electrons. The van der Waals surface area contributed by atoms with E-state index in [2.05, 4.69) is 15.6 Å². The van der Waals surface area contributed by atoms with Crippen molar-refractivity contribution in [3.8, 4) is 0 Å². The molecule has 6 heteroatoms. The van der Waals surface area contributed by atoms with Crippen LogP contribution in [0.4, 0.5) is 0 Å². The number of aromatic nitrogens is 1. The second kappa shape index (κ2) is 11.9. The summed E-state index contributed by atoms with van der Waals surface area (Å²) in [5, 5.41) is 6.94. The molecule has 0 aliphatic heterocycles. The molecule has 5 nitrogen and oxygen atoms in total. The molecule has 0 aromatic carbocycles. The van der Waals surface area contributed by atoms with Crippen molar-refractivity contribution >= 4 is 29.9 Å². The highest BCUT2D eigenvalue weighted by Crippen LogP contribution is 2.22. The van der Waals surface area contributed by atoms with Crippen molar-refractivity contribution in [3.05, 3.63) is 54.2 Å². The van der Waals surface area contributed by atoms with E-state index in [1.54, 1.807) is 6.26 Å². The van der Waals surface area contributed by atoms with Gasteiger partial charge in [-0.05, 0) is 43.0 Å². The highest BCUT2D eigenvalue weighted by atomic mass is 127. The minimum atomic E-state index is 0. The Bertz CT molecular complexity index is 625. The van der Waals surface area contributed by atoms with Gasteiger partial charge in [0.05, 0.1) is 18.5 Å².